The zero-order chi connectivity index (χ0) is 25.9. The molecule has 1 aromatic carbocycles. The molecule has 6 nitrogen and oxygen atoms in total. The van der Waals surface area contributed by atoms with Gasteiger partial charge in [-0.3, -0.25) is 9.69 Å². The summed E-state index contributed by atoms with van der Waals surface area (Å²) in [5.41, 5.74) is 5.53. The average Bonchev–Trinajstić information content (AvgIpc) is 2.88. The number of alkyl halides is 3. The van der Waals surface area contributed by atoms with E-state index in [0.717, 1.165) is 19.2 Å². The fourth-order valence-electron chi connectivity index (χ4n) is 5.09. The predicted molar refractivity (Wildman–Crippen MR) is 131 cm³/mol. The van der Waals surface area contributed by atoms with Crippen molar-refractivity contribution in [2.75, 3.05) is 36.8 Å². The normalized spacial score (nSPS) is 18.8. The van der Waals surface area contributed by atoms with Crippen molar-refractivity contribution in [3.8, 4) is 0 Å². The Morgan fingerprint density at radius 2 is 1.81 bits per heavy atom. The molecule has 1 unspecified atom stereocenters. The van der Waals surface area contributed by atoms with Crippen LogP contribution >= 0.6 is 0 Å². The van der Waals surface area contributed by atoms with Crippen LogP contribution in [0, 0.1) is 5.82 Å². The van der Waals surface area contributed by atoms with Gasteiger partial charge in [0.15, 0.2) is 0 Å². The van der Waals surface area contributed by atoms with Crippen molar-refractivity contribution in [1.82, 2.24) is 15.2 Å². The third-order valence-electron chi connectivity index (χ3n) is 7.32. The molecule has 1 atom stereocenters. The quantitative estimate of drug-likeness (QED) is 0.438. The van der Waals surface area contributed by atoms with E-state index in [1.54, 1.807) is 13.0 Å². The number of anilines is 2. The van der Waals surface area contributed by atoms with Crippen LogP contribution in [-0.4, -0.2) is 48.0 Å². The van der Waals surface area contributed by atoms with Gasteiger partial charge in [0.2, 0.25) is 5.91 Å². The molecule has 1 aliphatic heterocycles. The number of piperazine rings is 1. The SMILES string of the molecule is CC(C(=O)NCc1ccc(C(F)(F)F)nc1N1CCN(C2CCCCC2)CC1)c1ccc(N)c(F)c1. The number of hydrogen-bond acceptors (Lipinski definition) is 5. The van der Waals surface area contributed by atoms with Crippen molar-refractivity contribution in [2.24, 2.45) is 0 Å². The van der Waals surface area contributed by atoms with E-state index in [-0.39, 0.29) is 24.0 Å². The van der Waals surface area contributed by atoms with Gasteiger partial charge in [0, 0.05) is 44.3 Å². The van der Waals surface area contributed by atoms with Crippen LogP contribution < -0.4 is 16.0 Å². The van der Waals surface area contributed by atoms with E-state index in [1.807, 2.05) is 4.90 Å². The number of benzene rings is 1. The number of hydrogen-bond donors (Lipinski definition) is 2. The van der Waals surface area contributed by atoms with Gasteiger partial charge in [0.25, 0.3) is 0 Å². The number of nitrogen functional groups attached to an aromatic ring is 1. The Hall–Kier alpha value is -2.88. The van der Waals surface area contributed by atoms with E-state index in [2.05, 4.69) is 15.2 Å². The van der Waals surface area contributed by atoms with E-state index >= 15 is 0 Å². The van der Waals surface area contributed by atoms with E-state index in [1.165, 1.54) is 50.3 Å². The van der Waals surface area contributed by atoms with E-state index in [9.17, 15) is 22.4 Å². The summed E-state index contributed by atoms with van der Waals surface area (Å²) in [5.74, 6) is -1.38. The van der Waals surface area contributed by atoms with Gasteiger partial charge in [-0.15, -0.1) is 0 Å². The summed E-state index contributed by atoms with van der Waals surface area (Å²) < 4.78 is 54.2. The highest BCUT2D eigenvalue weighted by Gasteiger charge is 2.34. The van der Waals surface area contributed by atoms with Gasteiger partial charge in [-0.2, -0.15) is 13.2 Å². The molecule has 10 heteroatoms. The van der Waals surface area contributed by atoms with Crippen molar-refractivity contribution in [1.29, 1.82) is 0 Å². The maximum absolute atomic E-state index is 13.8. The summed E-state index contributed by atoms with van der Waals surface area (Å²) >= 11 is 0. The highest BCUT2D eigenvalue weighted by Crippen LogP contribution is 2.32. The summed E-state index contributed by atoms with van der Waals surface area (Å²) in [6, 6.07) is 7.08. The Balaban J connectivity index is 1.47. The third-order valence-corrected chi connectivity index (χ3v) is 7.32. The Morgan fingerprint density at radius 1 is 1.11 bits per heavy atom. The van der Waals surface area contributed by atoms with Gasteiger partial charge in [-0.05, 0) is 43.5 Å². The lowest BCUT2D eigenvalue weighted by Crippen LogP contribution is -2.51. The second-order valence-corrected chi connectivity index (χ2v) is 9.71. The maximum Gasteiger partial charge on any atom is 0.433 e. The van der Waals surface area contributed by atoms with Crippen molar-refractivity contribution < 1.29 is 22.4 Å². The smallest absolute Gasteiger partial charge is 0.396 e. The van der Waals surface area contributed by atoms with Crippen molar-refractivity contribution in [3.05, 3.63) is 53.0 Å². The summed E-state index contributed by atoms with van der Waals surface area (Å²) in [5, 5.41) is 2.78. The van der Waals surface area contributed by atoms with Crippen molar-refractivity contribution in [2.45, 2.75) is 63.7 Å². The predicted octanol–water partition coefficient (Wildman–Crippen LogP) is 4.70. The number of rotatable bonds is 6. The summed E-state index contributed by atoms with van der Waals surface area (Å²) in [6.45, 7) is 4.35. The second-order valence-electron chi connectivity index (χ2n) is 9.71. The van der Waals surface area contributed by atoms with Crippen LogP contribution in [0.15, 0.2) is 30.3 Å². The number of nitrogens with zero attached hydrogens (tertiary/aromatic N) is 3. The number of halogens is 4. The molecule has 1 amide bonds. The molecule has 1 saturated carbocycles. The lowest BCUT2D eigenvalue weighted by atomic mass is 9.94. The average molecular weight is 508 g/mol. The van der Waals surface area contributed by atoms with Crippen LogP contribution in [-0.2, 0) is 17.5 Å². The summed E-state index contributed by atoms with van der Waals surface area (Å²) in [4.78, 5) is 21.1. The van der Waals surface area contributed by atoms with Crippen LogP contribution in [0.1, 0.15) is 61.8 Å². The first-order chi connectivity index (χ1) is 17.1. The van der Waals surface area contributed by atoms with Crippen LogP contribution in [0.25, 0.3) is 0 Å². The first kappa shape index (κ1) is 26.2. The first-order valence-corrected chi connectivity index (χ1v) is 12.5. The molecule has 2 aliphatic rings. The zero-order valence-electron chi connectivity index (χ0n) is 20.5. The maximum atomic E-state index is 13.8. The molecule has 3 N–H and O–H groups in total. The van der Waals surface area contributed by atoms with E-state index < -0.39 is 23.6 Å². The molecular weight excluding hydrogens is 474 g/mol. The fraction of sp³-hybridized carbons (Fsp3) is 0.538. The second kappa shape index (κ2) is 11.0. The lowest BCUT2D eigenvalue weighted by Gasteiger charge is -2.41. The van der Waals surface area contributed by atoms with Crippen LogP contribution in [0.2, 0.25) is 0 Å². The zero-order valence-corrected chi connectivity index (χ0v) is 20.5. The Kier molecular flexibility index (Phi) is 8.02. The Bertz CT molecular complexity index is 1060. The van der Waals surface area contributed by atoms with Gasteiger partial charge in [-0.1, -0.05) is 31.4 Å². The van der Waals surface area contributed by atoms with Gasteiger partial charge >= 0.3 is 6.18 Å². The van der Waals surface area contributed by atoms with Crippen LogP contribution in [0.4, 0.5) is 29.1 Å². The number of carbonyl (C=O) groups excluding carboxylic acids is 1. The molecule has 2 heterocycles. The monoisotopic (exact) mass is 507 g/mol. The van der Waals surface area contributed by atoms with Gasteiger partial charge in [0.05, 0.1) is 11.6 Å². The summed E-state index contributed by atoms with van der Waals surface area (Å²) in [7, 11) is 0. The highest BCUT2D eigenvalue weighted by molar-refractivity contribution is 5.83. The highest BCUT2D eigenvalue weighted by atomic mass is 19.4. The van der Waals surface area contributed by atoms with Crippen molar-refractivity contribution >= 4 is 17.4 Å². The molecule has 36 heavy (non-hydrogen) atoms. The standard InChI is InChI=1S/C26H33F4N5O/c1-17(18-7-9-22(31)21(27)15-18)25(36)32-16-19-8-10-23(26(28,29)30)33-24(19)35-13-11-34(12-14-35)20-5-3-2-4-6-20/h7-10,15,17,20H,2-6,11-14,16,31H2,1H3,(H,32,36). The van der Waals surface area contributed by atoms with Crippen LogP contribution in [0.5, 0.6) is 0 Å². The van der Waals surface area contributed by atoms with Gasteiger partial charge in [0.1, 0.15) is 17.3 Å². The van der Waals surface area contributed by atoms with Gasteiger partial charge in [-0.25, -0.2) is 9.37 Å². The minimum Gasteiger partial charge on any atom is -0.396 e. The number of nitrogens with one attached hydrogen (secondary N) is 1. The molecule has 0 spiro atoms. The lowest BCUT2D eigenvalue weighted by molar-refractivity contribution is -0.141. The fourth-order valence-corrected chi connectivity index (χ4v) is 5.09. The minimum atomic E-state index is -4.56. The number of nitrogens with two attached hydrogens (primary N) is 1. The Morgan fingerprint density at radius 3 is 2.44 bits per heavy atom. The van der Waals surface area contributed by atoms with Crippen LogP contribution in [0.3, 0.4) is 0 Å². The molecular formula is C26H33F4N5O. The molecule has 2 fully saturated rings. The number of pyridine rings is 1. The Labute approximate surface area is 208 Å². The van der Waals surface area contributed by atoms with E-state index in [0.29, 0.717) is 30.3 Å². The number of carbonyl (C=O) groups is 1. The molecule has 0 radical (unpaired) electrons. The number of aromatic nitrogens is 1. The molecule has 1 aliphatic carbocycles. The van der Waals surface area contributed by atoms with Crippen molar-refractivity contribution in [3.63, 3.8) is 0 Å². The molecule has 1 aromatic heterocycles. The molecule has 0 bridgehead atoms. The first-order valence-electron chi connectivity index (χ1n) is 12.5. The van der Waals surface area contributed by atoms with E-state index in [4.69, 9.17) is 5.73 Å². The summed E-state index contributed by atoms with van der Waals surface area (Å²) in [6.07, 6.45) is 1.51. The third kappa shape index (κ3) is 6.08. The molecule has 4 rings (SSSR count). The topological polar surface area (TPSA) is 74.5 Å². The molecule has 196 valence electrons. The number of amides is 1. The van der Waals surface area contributed by atoms with Gasteiger partial charge < -0.3 is 16.0 Å². The molecule has 2 aromatic rings. The molecule has 1 saturated heterocycles. The minimum absolute atomic E-state index is 0.00425. The largest absolute Gasteiger partial charge is 0.433 e.